The van der Waals surface area contributed by atoms with Gasteiger partial charge in [-0.3, -0.25) is 4.79 Å². The molecule has 0 aliphatic carbocycles. The number of halogens is 1. The van der Waals surface area contributed by atoms with Crippen LogP contribution in [0.2, 0.25) is 0 Å². The highest BCUT2D eigenvalue weighted by atomic mass is 32.2. The lowest BCUT2D eigenvalue weighted by Crippen LogP contribution is -2.50. The number of carbonyl (C=O) groups is 1. The molecule has 0 saturated carbocycles. The summed E-state index contributed by atoms with van der Waals surface area (Å²) in [6, 6.07) is 10.4. The summed E-state index contributed by atoms with van der Waals surface area (Å²) >= 11 is 0. The lowest BCUT2D eigenvalue weighted by molar-refractivity contribution is -0.123. The lowest BCUT2D eigenvalue weighted by Gasteiger charge is -2.21. The van der Waals surface area contributed by atoms with Gasteiger partial charge in [-0.2, -0.15) is 0 Å². The van der Waals surface area contributed by atoms with E-state index in [0.29, 0.717) is 30.2 Å². The van der Waals surface area contributed by atoms with Crippen LogP contribution in [0, 0.1) is 11.7 Å². The standard InChI is InChI=1S/C24H33FN2O6S/c1-5-34(29,30)27-23(17(2)3)24(28)26-13-12-18-6-11-21(22(16-18)31-4)33-15-14-32-20-9-7-19(25)8-10-20/h6-11,16-17,23,27H,5,12-15H2,1-4H3,(H,26,28). The van der Waals surface area contributed by atoms with Crippen LogP contribution in [-0.4, -0.2) is 53.0 Å². The van der Waals surface area contributed by atoms with Crippen LogP contribution in [0.4, 0.5) is 4.39 Å². The molecular weight excluding hydrogens is 463 g/mol. The fourth-order valence-electron chi connectivity index (χ4n) is 3.04. The summed E-state index contributed by atoms with van der Waals surface area (Å²) < 4.78 is 55.7. The van der Waals surface area contributed by atoms with Crippen molar-refractivity contribution in [3.63, 3.8) is 0 Å². The van der Waals surface area contributed by atoms with E-state index in [1.165, 1.54) is 26.2 Å². The van der Waals surface area contributed by atoms with E-state index in [1.807, 2.05) is 12.1 Å². The predicted molar refractivity (Wildman–Crippen MR) is 128 cm³/mol. The third-order valence-corrected chi connectivity index (χ3v) is 6.37. The summed E-state index contributed by atoms with van der Waals surface area (Å²) in [6.45, 7) is 5.99. The van der Waals surface area contributed by atoms with E-state index in [0.717, 1.165) is 5.56 Å². The maximum atomic E-state index is 12.9. The molecule has 0 bridgehead atoms. The molecule has 34 heavy (non-hydrogen) atoms. The molecule has 10 heteroatoms. The Bertz CT molecular complexity index is 1030. The second-order valence-electron chi connectivity index (χ2n) is 7.92. The fraction of sp³-hybridized carbons (Fsp3) is 0.458. The Hall–Kier alpha value is -2.85. The minimum atomic E-state index is -3.49. The van der Waals surface area contributed by atoms with Crippen LogP contribution < -0.4 is 24.2 Å². The molecule has 0 aliphatic rings. The smallest absolute Gasteiger partial charge is 0.238 e. The van der Waals surface area contributed by atoms with E-state index in [2.05, 4.69) is 10.0 Å². The molecular formula is C24H33FN2O6S. The number of carbonyl (C=O) groups excluding carboxylic acids is 1. The van der Waals surface area contributed by atoms with Crippen molar-refractivity contribution in [1.29, 1.82) is 0 Å². The predicted octanol–water partition coefficient (Wildman–Crippen LogP) is 2.91. The van der Waals surface area contributed by atoms with Gasteiger partial charge in [-0.05, 0) is 61.2 Å². The molecule has 8 nitrogen and oxygen atoms in total. The van der Waals surface area contributed by atoms with Crippen LogP contribution in [0.15, 0.2) is 42.5 Å². The van der Waals surface area contributed by atoms with E-state index in [4.69, 9.17) is 14.2 Å². The summed E-state index contributed by atoms with van der Waals surface area (Å²) in [5.41, 5.74) is 0.919. The summed E-state index contributed by atoms with van der Waals surface area (Å²) in [5, 5.41) is 2.79. The molecule has 1 atom stereocenters. The molecule has 0 aromatic heterocycles. The second kappa shape index (κ2) is 13.1. The SMILES string of the molecule is CCS(=O)(=O)NC(C(=O)NCCc1ccc(OCCOc2ccc(F)cc2)c(OC)c1)C(C)C. The summed E-state index contributed by atoms with van der Waals surface area (Å²) in [4.78, 5) is 12.5. The third kappa shape index (κ3) is 8.83. The molecule has 2 aromatic rings. The van der Waals surface area contributed by atoms with Gasteiger partial charge in [0.25, 0.3) is 0 Å². The quantitative estimate of drug-likeness (QED) is 0.390. The molecule has 1 unspecified atom stereocenters. The number of rotatable bonds is 14. The number of amides is 1. The summed E-state index contributed by atoms with van der Waals surface area (Å²) in [5.74, 6) is 0.680. The van der Waals surface area contributed by atoms with Crippen molar-refractivity contribution in [2.45, 2.75) is 33.2 Å². The van der Waals surface area contributed by atoms with Crippen molar-refractivity contribution in [2.24, 2.45) is 5.92 Å². The van der Waals surface area contributed by atoms with Gasteiger partial charge in [0.1, 0.15) is 30.8 Å². The van der Waals surface area contributed by atoms with Crippen molar-refractivity contribution in [3.8, 4) is 17.2 Å². The van der Waals surface area contributed by atoms with Crippen LogP contribution in [0.25, 0.3) is 0 Å². The van der Waals surface area contributed by atoms with Crippen LogP contribution in [0.1, 0.15) is 26.3 Å². The molecule has 0 fully saturated rings. The largest absolute Gasteiger partial charge is 0.493 e. The average Bonchev–Trinajstić information content (AvgIpc) is 2.81. The van der Waals surface area contributed by atoms with Gasteiger partial charge in [-0.15, -0.1) is 0 Å². The summed E-state index contributed by atoms with van der Waals surface area (Å²) in [7, 11) is -1.95. The van der Waals surface area contributed by atoms with E-state index in [-0.39, 0.29) is 36.6 Å². The first-order valence-corrected chi connectivity index (χ1v) is 12.8. The van der Waals surface area contributed by atoms with Gasteiger partial charge in [0.2, 0.25) is 15.9 Å². The molecule has 0 heterocycles. The Morgan fingerprint density at radius 3 is 2.32 bits per heavy atom. The monoisotopic (exact) mass is 496 g/mol. The van der Waals surface area contributed by atoms with Crippen LogP contribution in [0.3, 0.4) is 0 Å². The second-order valence-corrected chi connectivity index (χ2v) is 9.96. The third-order valence-electron chi connectivity index (χ3n) is 5.00. The maximum Gasteiger partial charge on any atom is 0.238 e. The van der Waals surface area contributed by atoms with Crippen LogP contribution in [0.5, 0.6) is 17.2 Å². The first kappa shape index (κ1) is 27.4. The highest BCUT2D eigenvalue weighted by Gasteiger charge is 2.26. The number of benzene rings is 2. The zero-order valence-corrected chi connectivity index (χ0v) is 20.8. The zero-order valence-electron chi connectivity index (χ0n) is 20.0. The van der Waals surface area contributed by atoms with Gasteiger partial charge in [-0.1, -0.05) is 19.9 Å². The number of sulfonamides is 1. The Labute approximate surface area is 200 Å². The van der Waals surface area contributed by atoms with Gasteiger partial charge >= 0.3 is 0 Å². The molecule has 0 saturated heterocycles. The average molecular weight is 497 g/mol. The first-order chi connectivity index (χ1) is 16.1. The normalized spacial score (nSPS) is 12.3. The van der Waals surface area contributed by atoms with Gasteiger partial charge in [0.15, 0.2) is 11.5 Å². The highest BCUT2D eigenvalue weighted by Crippen LogP contribution is 2.28. The zero-order chi connectivity index (χ0) is 25.1. The Morgan fingerprint density at radius 1 is 1.03 bits per heavy atom. The molecule has 188 valence electrons. The van der Waals surface area contributed by atoms with Crippen molar-refractivity contribution < 1.29 is 31.8 Å². The number of methoxy groups -OCH3 is 1. The minimum Gasteiger partial charge on any atom is -0.493 e. The molecule has 2 aromatic carbocycles. The Balaban J connectivity index is 1.85. The van der Waals surface area contributed by atoms with Gasteiger partial charge in [0, 0.05) is 6.54 Å². The van der Waals surface area contributed by atoms with Gasteiger partial charge < -0.3 is 19.5 Å². The number of nitrogens with one attached hydrogen (secondary N) is 2. The van der Waals surface area contributed by atoms with E-state index < -0.39 is 16.1 Å². The van der Waals surface area contributed by atoms with Crippen molar-refractivity contribution in [3.05, 3.63) is 53.8 Å². The highest BCUT2D eigenvalue weighted by molar-refractivity contribution is 7.89. The van der Waals surface area contributed by atoms with Gasteiger partial charge in [0.05, 0.1) is 12.9 Å². The van der Waals surface area contributed by atoms with Crippen molar-refractivity contribution in [1.82, 2.24) is 10.0 Å². The van der Waals surface area contributed by atoms with E-state index >= 15 is 0 Å². The van der Waals surface area contributed by atoms with Crippen molar-refractivity contribution >= 4 is 15.9 Å². The molecule has 2 rings (SSSR count). The van der Waals surface area contributed by atoms with E-state index in [9.17, 15) is 17.6 Å². The van der Waals surface area contributed by atoms with Crippen LogP contribution in [-0.2, 0) is 21.2 Å². The summed E-state index contributed by atoms with van der Waals surface area (Å²) in [6.07, 6.45) is 0.529. The molecule has 2 N–H and O–H groups in total. The van der Waals surface area contributed by atoms with Crippen LogP contribution >= 0.6 is 0 Å². The Kier molecular flexibility index (Phi) is 10.6. The molecule has 0 aliphatic heterocycles. The lowest BCUT2D eigenvalue weighted by atomic mass is 10.0. The van der Waals surface area contributed by atoms with Crippen molar-refractivity contribution in [2.75, 3.05) is 32.6 Å². The minimum absolute atomic E-state index is 0.0872. The number of hydrogen-bond acceptors (Lipinski definition) is 6. The van der Waals surface area contributed by atoms with E-state index in [1.54, 1.807) is 32.0 Å². The number of hydrogen-bond donors (Lipinski definition) is 2. The topological polar surface area (TPSA) is 103 Å². The maximum absolute atomic E-state index is 12.9. The number of ether oxygens (including phenoxy) is 3. The molecule has 0 spiro atoms. The molecule has 1 amide bonds. The fourth-order valence-corrected chi connectivity index (χ4v) is 3.97. The molecule has 0 radical (unpaired) electrons. The Morgan fingerprint density at radius 2 is 1.71 bits per heavy atom. The van der Waals surface area contributed by atoms with Gasteiger partial charge in [-0.25, -0.2) is 17.5 Å². The first-order valence-electron chi connectivity index (χ1n) is 11.1.